The van der Waals surface area contributed by atoms with E-state index in [0.717, 1.165) is 17.0 Å². The Hall–Kier alpha value is -2.82. The number of amides is 1. The minimum Gasteiger partial charge on any atom is -0.497 e. The van der Waals surface area contributed by atoms with Gasteiger partial charge in [-0.2, -0.15) is 0 Å². The van der Waals surface area contributed by atoms with E-state index in [-0.39, 0.29) is 11.9 Å². The lowest BCUT2D eigenvalue weighted by Gasteiger charge is -2.16. The number of methoxy groups -OCH3 is 1. The summed E-state index contributed by atoms with van der Waals surface area (Å²) in [5.74, 6) is 0.322. The summed E-state index contributed by atoms with van der Waals surface area (Å²) in [7, 11) is 1.60. The number of anilines is 1. The Balaban J connectivity index is 1.83. The third-order valence-corrected chi connectivity index (χ3v) is 3.81. The molecule has 0 unspecified atom stereocenters. The minimum atomic E-state index is -0.361. The smallest absolute Gasteiger partial charge is 0.338 e. The monoisotopic (exact) mass is 311 g/mol. The Morgan fingerprint density at radius 3 is 2.57 bits per heavy atom. The van der Waals surface area contributed by atoms with Gasteiger partial charge in [0.05, 0.1) is 25.8 Å². The van der Waals surface area contributed by atoms with E-state index in [9.17, 15) is 9.59 Å². The normalized spacial score (nSPS) is 13.0. The Bertz CT molecular complexity index is 752. The molecule has 2 aromatic carbocycles. The standard InChI is InChI=1S/C18H17NO4/c1-3-23-18(21)12-4-6-14(7-5-12)19-11-13-10-15(22-2)8-9-16(13)17(19)20/h4-10H,3,11H2,1-2H3. The van der Waals surface area contributed by atoms with Crippen LogP contribution < -0.4 is 9.64 Å². The highest BCUT2D eigenvalue weighted by molar-refractivity contribution is 6.10. The number of nitrogens with zero attached hydrogens (tertiary/aromatic N) is 1. The van der Waals surface area contributed by atoms with Crippen LogP contribution >= 0.6 is 0 Å². The number of rotatable bonds is 4. The Morgan fingerprint density at radius 2 is 1.91 bits per heavy atom. The van der Waals surface area contributed by atoms with E-state index in [1.165, 1.54) is 0 Å². The molecule has 5 nitrogen and oxygen atoms in total. The molecule has 2 aromatic rings. The number of carbonyl (C=O) groups is 2. The quantitative estimate of drug-likeness (QED) is 0.814. The lowest BCUT2D eigenvalue weighted by Crippen LogP contribution is -2.23. The van der Waals surface area contributed by atoms with E-state index >= 15 is 0 Å². The van der Waals surface area contributed by atoms with Crippen LogP contribution in [0, 0.1) is 0 Å². The van der Waals surface area contributed by atoms with Gasteiger partial charge in [-0.1, -0.05) is 0 Å². The first-order chi connectivity index (χ1) is 11.1. The van der Waals surface area contributed by atoms with Crippen LogP contribution in [0.15, 0.2) is 42.5 Å². The first-order valence-corrected chi connectivity index (χ1v) is 7.40. The molecule has 118 valence electrons. The SMILES string of the molecule is CCOC(=O)c1ccc(N2Cc3cc(OC)ccc3C2=O)cc1. The molecule has 23 heavy (non-hydrogen) atoms. The van der Waals surface area contributed by atoms with E-state index < -0.39 is 0 Å². The van der Waals surface area contributed by atoms with Gasteiger partial charge in [-0.05, 0) is 55.0 Å². The molecule has 0 fully saturated rings. The number of benzene rings is 2. The highest BCUT2D eigenvalue weighted by Crippen LogP contribution is 2.30. The Morgan fingerprint density at radius 1 is 1.17 bits per heavy atom. The molecule has 1 aliphatic heterocycles. The first-order valence-electron chi connectivity index (χ1n) is 7.40. The van der Waals surface area contributed by atoms with Gasteiger partial charge >= 0.3 is 5.97 Å². The number of fused-ring (bicyclic) bond motifs is 1. The second-order valence-electron chi connectivity index (χ2n) is 5.18. The van der Waals surface area contributed by atoms with Crippen molar-refractivity contribution in [2.45, 2.75) is 13.5 Å². The fourth-order valence-corrected chi connectivity index (χ4v) is 2.62. The summed E-state index contributed by atoms with van der Waals surface area (Å²) >= 11 is 0. The van der Waals surface area contributed by atoms with Gasteiger partial charge in [0.25, 0.3) is 5.91 Å². The van der Waals surface area contributed by atoms with Gasteiger partial charge in [0, 0.05) is 11.3 Å². The molecule has 3 rings (SSSR count). The molecule has 0 aliphatic carbocycles. The van der Waals surface area contributed by atoms with Crippen LogP contribution in [0.5, 0.6) is 5.75 Å². The summed E-state index contributed by atoms with van der Waals surface area (Å²) in [5, 5.41) is 0. The van der Waals surface area contributed by atoms with Crippen molar-refractivity contribution in [3.05, 3.63) is 59.2 Å². The van der Waals surface area contributed by atoms with Crippen LogP contribution in [0.3, 0.4) is 0 Å². The zero-order valence-corrected chi connectivity index (χ0v) is 13.0. The van der Waals surface area contributed by atoms with Gasteiger partial charge in [-0.15, -0.1) is 0 Å². The molecular weight excluding hydrogens is 294 g/mol. The molecule has 1 aliphatic rings. The van der Waals surface area contributed by atoms with Gasteiger partial charge in [0.2, 0.25) is 0 Å². The van der Waals surface area contributed by atoms with Crippen molar-refractivity contribution >= 4 is 17.6 Å². The van der Waals surface area contributed by atoms with E-state index in [1.807, 2.05) is 6.07 Å². The van der Waals surface area contributed by atoms with Crippen LogP contribution in [0.4, 0.5) is 5.69 Å². The third-order valence-electron chi connectivity index (χ3n) is 3.81. The first kappa shape index (κ1) is 15.1. The Labute approximate surface area is 134 Å². The van der Waals surface area contributed by atoms with Crippen molar-refractivity contribution in [1.29, 1.82) is 0 Å². The average molecular weight is 311 g/mol. The molecule has 0 bridgehead atoms. The highest BCUT2D eigenvalue weighted by atomic mass is 16.5. The lowest BCUT2D eigenvalue weighted by atomic mass is 10.1. The number of ether oxygens (including phenoxy) is 2. The maximum atomic E-state index is 12.5. The predicted octanol–water partition coefficient (Wildman–Crippen LogP) is 3.03. The van der Waals surface area contributed by atoms with Gasteiger partial charge in [-0.3, -0.25) is 4.79 Å². The van der Waals surface area contributed by atoms with Gasteiger partial charge in [-0.25, -0.2) is 4.79 Å². The maximum Gasteiger partial charge on any atom is 0.338 e. The Kier molecular flexibility index (Phi) is 4.02. The van der Waals surface area contributed by atoms with Crippen molar-refractivity contribution < 1.29 is 19.1 Å². The maximum absolute atomic E-state index is 12.5. The minimum absolute atomic E-state index is 0.0495. The van der Waals surface area contributed by atoms with Gasteiger partial charge in [0.15, 0.2) is 0 Å². The largest absolute Gasteiger partial charge is 0.497 e. The molecule has 0 spiro atoms. The summed E-state index contributed by atoms with van der Waals surface area (Å²) in [6, 6.07) is 12.3. The predicted molar refractivity (Wildman–Crippen MR) is 85.9 cm³/mol. The second kappa shape index (κ2) is 6.12. The molecular formula is C18H17NO4. The van der Waals surface area contributed by atoms with E-state index in [1.54, 1.807) is 55.3 Å². The summed E-state index contributed by atoms with van der Waals surface area (Å²) in [5.41, 5.74) is 2.84. The topological polar surface area (TPSA) is 55.8 Å². The van der Waals surface area contributed by atoms with Crippen LogP contribution in [0.25, 0.3) is 0 Å². The summed E-state index contributed by atoms with van der Waals surface area (Å²) in [6.45, 7) is 2.59. The number of esters is 1. The summed E-state index contributed by atoms with van der Waals surface area (Å²) in [6.07, 6.45) is 0. The molecule has 0 saturated carbocycles. The van der Waals surface area contributed by atoms with Crippen molar-refractivity contribution in [3.63, 3.8) is 0 Å². The van der Waals surface area contributed by atoms with Crippen LogP contribution in [-0.4, -0.2) is 25.6 Å². The van der Waals surface area contributed by atoms with E-state index in [2.05, 4.69) is 0 Å². The molecule has 1 amide bonds. The molecule has 0 N–H and O–H groups in total. The van der Waals surface area contributed by atoms with E-state index in [0.29, 0.717) is 24.3 Å². The van der Waals surface area contributed by atoms with Crippen LogP contribution in [0.1, 0.15) is 33.2 Å². The second-order valence-corrected chi connectivity index (χ2v) is 5.18. The summed E-state index contributed by atoms with van der Waals surface area (Å²) < 4.78 is 10.2. The number of hydrogen-bond donors (Lipinski definition) is 0. The molecule has 0 aromatic heterocycles. The van der Waals surface area contributed by atoms with Crippen molar-refractivity contribution in [1.82, 2.24) is 0 Å². The van der Waals surface area contributed by atoms with Crippen LogP contribution in [0.2, 0.25) is 0 Å². The number of carbonyl (C=O) groups excluding carboxylic acids is 2. The molecule has 5 heteroatoms. The fraction of sp³-hybridized carbons (Fsp3) is 0.222. The van der Waals surface area contributed by atoms with E-state index in [4.69, 9.17) is 9.47 Å². The third kappa shape index (κ3) is 2.77. The average Bonchev–Trinajstić information content (AvgIpc) is 2.91. The lowest BCUT2D eigenvalue weighted by molar-refractivity contribution is 0.0526. The summed E-state index contributed by atoms with van der Waals surface area (Å²) in [4.78, 5) is 25.9. The zero-order valence-electron chi connectivity index (χ0n) is 13.0. The van der Waals surface area contributed by atoms with Crippen LogP contribution in [-0.2, 0) is 11.3 Å². The van der Waals surface area contributed by atoms with Gasteiger partial charge in [0.1, 0.15) is 5.75 Å². The van der Waals surface area contributed by atoms with Crippen molar-refractivity contribution in [3.8, 4) is 5.75 Å². The molecule has 0 atom stereocenters. The van der Waals surface area contributed by atoms with Crippen molar-refractivity contribution in [2.75, 3.05) is 18.6 Å². The number of hydrogen-bond acceptors (Lipinski definition) is 4. The van der Waals surface area contributed by atoms with Gasteiger partial charge < -0.3 is 14.4 Å². The van der Waals surface area contributed by atoms with Crippen molar-refractivity contribution in [2.24, 2.45) is 0 Å². The molecule has 1 heterocycles. The molecule has 0 saturated heterocycles. The fourth-order valence-electron chi connectivity index (χ4n) is 2.62. The molecule has 0 radical (unpaired) electrons. The zero-order chi connectivity index (χ0) is 16.4. The highest BCUT2D eigenvalue weighted by Gasteiger charge is 2.28.